The zero-order valence-corrected chi connectivity index (χ0v) is 20.3. The van der Waals surface area contributed by atoms with Gasteiger partial charge in [-0.05, 0) is 54.6 Å². The van der Waals surface area contributed by atoms with Crippen LogP contribution in [0.2, 0.25) is 0 Å². The Morgan fingerprint density at radius 3 is 2.33 bits per heavy atom. The van der Waals surface area contributed by atoms with Crippen LogP contribution in [0.1, 0.15) is 10.4 Å². The lowest BCUT2D eigenvalue weighted by Gasteiger charge is -2.18. The highest BCUT2D eigenvalue weighted by molar-refractivity contribution is 9.10. The van der Waals surface area contributed by atoms with E-state index in [4.69, 9.17) is 4.74 Å². The zero-order chi connectivity index (χ0) is 24.0. The Balaban J connectivity index is 1.66. The molecule has 10 heteroatoms. The summed E-state index contributed by atoms with van der Waals surface area (Å²) >= 11 is 3.27. The number of sulfonamides is 1. The lowest BCUT2D eigenvalue weighted by Crippen LogP contribution is -2.35. The molecule has 0 fully saturated rings. The number of benzene rings is 3. The van der Waals surface area contributed by atoms with Crippen LogP contribution in [0.5, 0.6) is 5.75 Å². The fourth-order valence-corrected chi connectivity index (χ4v) is 4.27. The number of carbonyl (C=O) groups is 2. The number of nitrogens with zero attached hydrogens (tertiary/aromatic N) is 1. The van der Waals surface area contributed by atoms with Gasteiger partial charge in [-0.15, -0.1) is 0 Å². The van der Waals surface area contributed by atoms with E-state index in [2.05, 4.69) is 26.0 Å². The summed E-state index contributed by atoms with van der Waals surface area (Å²) in [4.78, 5) is 26.5. The third kappa shape index (κ3) is 6.56. The summed E-state index contributed by atoms with van der Waals surface area (Å²) in [6.45, 7) is -0.190. The Labute approximate surface area is 200 Å². The van der Waals surface area contributed by atoms with Gasteiger partial charge in [0.05, 0.1) is 18.6 Å². The number of nitrogens with one attached hydrogen (secondary N) is 2. The van der Waals surface area contributed by atoms with Crippen molar-refractivity contribution < 1.29 is 22.7 Å². The molecule has 3 aromatic carbocycles. The molecule has 0 bridgehead atoms. The van der Waals surface area contributed by atoms with Crippen LogP contribution in [0.15, 0.2) is 82.2 Å². The van der Waals surface area contributed by atoms with Gasteiger partial charge in [0.25, 0.3) is 15.9 Å². The first kappa shape index (κ1) is 24.3. The Hall–Kier alpha value is -3.37. The SMILES string of the molecule is COc1cccc(NC(=O)CN(C)C(=O)c2cccc(NS(=O)(=O)c3ccc(Br)cc3)c2)c1. The van der Waals surface area contributed by atoms with Crippen molar-refractivity contribution in [3.05, 3.63) is 82.8 Å². The Bertz CT molecular complexity index is 1260. The lowest BCUT2D eigenvalue weighted by molar-refractivity contribution is -0.116. The van der Waals surface area contributed by atoms with Crippen LogP contribution in [-0.2, 0) is 14.8 Å². The normalized spacial score (nSPS) is 10.9. The predicted octanol–water partition coefficient (Wildman–Crippen LogP) is 3.97. The number of halogens is 1. The van der Waals surface area contributed by atoms with Crippen LogP contribution >= 0.6 is 15.9 Å². The summed E-state index contributed by atoms with van der Waals surface area (Å²) in [7, 11) is -0.802. The van der Waals surface area contributed by atoms with Gasteiger partial charge in [-0.1, -0.05) is 28.1 Å². The summed E-state index contributed by atoms with van der Waals surface area (Å²) in [5.74, 6) is -0.216. The standard InChI is InChI=1S/C23H22BrN3O5S/c1-27(15-22(28)25-18-6-4-8-20(14-18)32-2)23(29)16-5-3-7-19(13-16)26-33(30,31)21-11-9-17(24)10-12-21/h3-14,26H,15H2,1-2H3,(H,25,28). The molecule has 0 heterocycles. The molecule has 3 rings (SSSR count). The molecule has 2 amide bonds. The zero-order valence-electron chi connectivity index (χ0n) is 17.9. The first-order valence-corrected chi connectivity index (χ1v) is 12.0. The Morgan fingerprint density at radius 1 is 0.970 bits per heavy atom. The average molecular weight is 532 g/mol. The van der Waals surface area contributed by atoms with Crippen molar-refractivity contribution in [2.24, 2.45) is 0 Å². The third-order valence-corrected chi connectivity index (χ3v) is 6.49. The van der Waals surface area contributed by atoms with Crippen LogP contribution in [0, 0.1) is 0 Å². The molecule has 0 aliphatic carbocycles. The van der Waals surface area contributed by atoms with Crippen molar-refractivity contribution in [2.75, 3.05) is 30.7 Å². The molecule has 0 spiro atoms. The largest absolute Gasteiger partial charge is 0.497 e. The van der Waals surface area contributed by atoms with E-state index in [9.17, 15) is 18.0 Å². The van der Waals surface area contributed by atoms with E-state index in [1.807, 2.05) is 0 Å². The average Bonchev–Trinajstić information content (AvgIpc) is 2.78. The molecule has 0 aliphatic heterocycles. The van der Waals surface area contributed by atoms with E-state index in [0.29, 0.717) is 11.4 Å². The second kappa shape index (κ2) is 10.5. The molecule has 0 aromatic heterocycles. The Kier molecular flexibility index (Phi) is 7.72. The van der Waals surface area contributed by atoms with E-state index in [0.717, 1.165) is 4.47 Å². The minimum atomic E-state index is -3.82. The Morgan fingerprint density at radius 2 is 1.64 bits per heavy atom. The summed E-state index contributed by atoms with van der Waals surface area (Å²) in [5, 5.41) is 2.71. The molecule has 33 heavy (non-hydrogen) atoms. The van der Waals surface area contributed by atoms with Crippen molar-refractivity contribution in [2.45, 2.75) is 4.90 Å². The number of hydrogen-bond donors (Lipinski definition) is 2. The maximum atomic E-state index is 12.8. The number of likely N-dealkylation sites (N-methyl/N-ethyl adjacent to an activating group) is 1. The smallest absolute Gasteiger partial charge is 0.261 e. The van der Waals surface area contributed by atoms with E-state index in [1.165, 1.54) is 37.3 Å². The highest BCUT2D eigenvalue weighted by atomic mass is 79.9. The van der Waals surface area contributed by atoms with Crippen molar-refractivity contribution in [1.29, 1.82) is 0 Å². The number of carbonyl (C=O) groups excluding carboxylic acids is 2. The number of anilines is 2. The van der Waals surface area contributed by atoms with Crippen LogP contribution < -0.4 is 14.8 Å². The first-order chi connectivity index (χ1) is 15.7. The van der Waals surface area contributed by atoms with Crippen LogP contribution in [0.25, 0.3) is 0 Å². The highest BCUT2D eigenvalue weighted by Gasteiger charge is 2.18. The van der Waals surface area contributed by atoms with Gasteiger partial charge >= 0.3 is 0 Å². The molecule has 0 atom stereocenters. The van der Waals surface area contributed by atoms with Gasteiger partial charge in [-0.3, -0.25) is 14.3 Å². The minimum absolute atomic E-state index is 0.0914. The fourth-order valence-electron chi connectivity index (χ4n) is 2.95. The maximum Gasteiger partial charge on any atom is 0.261 e. The van der Waals surface area contributed by atoms with E-state index in [1.54, 1.807) is 54.6 Å². The number of ether oxygens (including phenoxy) is 1. The molecule has 0 saturated carbocycles. The molecule has 0 radical (unpaired) electrons. The van der Waals surface area contributed by atoms with Crippen molar-refractivity contribution in [3.63, 3.8) is 0 Å². The molecule has 3 aromatic rings. The van der Waals surface area contributed by atoms with Crippen LogP contribution in [0.3, 0.4) is 0 Å². The summed E-state index contributed by atoms with van der Waals surface area (Å²) < 4.78 is 33.6. The van der Waals surface area contributed by atoms with Crippen molar-refractivity contribution in [3.8, 4) is 5.75 Å². The van der Waals surface area contributed by atoms with E-state index < -0.39 is 15.9 Å². The summed E-state index contributed by atoms with van der Waals surface area (Å²) in [6.07, 6.45) is 0. The van der Waals surface area contributed by atoms with Crippen molar-refractivity contribution in [1.82, 2.24) is 4.90 Å². The lowest BCUT2D eigenvalue weighted by atomic mass is 10.2. The predicted molar refractivity (Wildman–Crippen MR) is 130 cm³/mol. The highest BCUT2D eigenvalue weighted by Crippen LogP contribution is 2.20. The molecular formula is C23H22BrN3O5S. The maximum absolute atomic E-state index is 12.8. The van der Waals surface area contributed by atoms with Gasteiger partial charge < -0.3 is 15.0 Å². The fraction of sp³-hybridized carbons (Fsp3) is 0.130. The summed E-state index contributed by atoms with van der Waals surface area (Å²) in [5.41, 5.74) is 1.02. The molecule has 0 unspecified atom stereocenters. The van der Waals surface area contributed by atoms with Crippen LogP contribution in [-0.4, -0.2) is 45.8 Å². The molecule has 0 saturated heterocycles. The number of hydrogen-bond acceptors (Lipinski definition) is 5. The van der Waals surface area contributed by atoms with E-state index >= 15 is 0 Å². The second-order valence-corrected chi connectivity index (χ2v) is 9.68. The molecule has 2 N–H and O–H groups in total. The van der Waals surface area contributed by atoms with Gasteiger partial charge in [-0.25, -0.2) is 8.42 Å². The van der Waals surface area contributed by atoms with Gasteiger partial charge in [0.15, 0.2) is 0 Å². The topological polar surface area (TPSA) is 105 Å². The monoisotopic (exact) mass is 531 g/mol. The first-order valence-electron chi connectivity index (χ1n) is 9.76. The quantitative estimate of drug-likeness (QED) is 0.457. The van der Waals surface area contributed by atoms with Gasteiger partial charge in [0, 0.05) is 34.5 Å². The molecular weight excluding hydrogens is 510 g/mol. The number of amides is 2. The van der Waals surface area contributed by atoms with Gasteiger partial charge in [0.1, 0.15) is 5.75 Å². The molecule has 8 nitrogen and oxygen atoms in total. The van der Waals surface area contributed by atoms with Crippen molar-refractivity contribution >= 4 is 49.1 Å². The molecule has 0 aliphatic rings. The van der Waals surface area contributed by atoms with E-state index in [-0.39, 0.29) is 28.6 Å². The van der Waals surface area contributed by atoms with Crippen LogP contribution in [0.4, 0.5) is 11.4 Å². The van der Waals surface area contributed by atoms with Gasteiger partial charge in [-0.2, -0.15) is 0 Å². The second-order valence-electron chi connectivity index (χ2n) is 7.08. The molecule has 172 valence electrons. The minimum Gasteiger partial charge on any atom is -0.497 e. The number of rotatable bonds is 8. The summed E-state index contributed by atoms with van der Waals surface area (Å²) in [6, 6.07) is 19.1. The third-order valence-electron chi connectivity index (χ3n) is 4.57. The van der Waals surface area contributed by atoms with Gasteiger partial charge in [0.2, 0.25) is 5.91 Å². The number of methoxy groups -OCH3 is 1.